The van der Waals surface area contributed by atoms with Crippen LogP contribution in [-0.2, 0) is 0 Å². The number of carbonyl (C=O) groups excluding carboxylic acids is 1. The van der Waals surface area contributed by atoms with Crippen molar-refractivity contribution in [2.75, 3.05) is 0 Å². The summed E-state index contributed by atoms with van der Waals surface area (Å²) in [5.41, 5.74) is 0.488. The molecule has 0 radical (unpaired) electrons. The predicted octanol–water partition coefficient (Wildman–Crippen LogP) is 5.65. The zero-order valence-corrected chi connectivity index (χ0v) is 16.5. The Labute approximate surface area is 158 Å². The van der Waals surface area contributed by atoms with Crippen molar-refractivity contribution >= 4 is 5.78 Å². The van der Waals surface area contributed by atoms with Gasteiger partial charge in [-0.25, -0.2) is 0 Å². The van der Waals surface area contributed by atoms with Gasteiger partial charge < -0.3 is 15.3 Å². The van der Waals surface area contributed by atoms with Crippen LogP contribution in [0.15, 0.2) is 12.1 Å². The molecule has 0 fully saturated rings. The lowest BCUT2D eigenvalue weighted by atomic mass is 9.98. The molecule has 0 aliphatic rings. The van der Waals surface area contributed by atoms with Crippen LogP contribution >= 0.6 is 0 Å². The minimum Gasteiger partial charge on any atom is -0.508 e. The van der Waals surface area contributed by atoms with E-state index in [-0.39, 0.29) is 17.1 Å². The van der Waals surface area contributed by atoms with Crippen molar-refractivity contribution in [3.05, 3.63) is 23.3 Å². The van der Waals surface area contributed by atoms with E-state index < -0.39 is 11.9 Å². The van der Waals surface area contributed by atoms with E-state index in [1.165, 1.54) is 63.5 Å². The molecule has 0 amide bonds. The molecule has 0 saturated carbocycles. The van der Waals surface area contributed by atoms with E-state index in [0.29, 0.717) is 12.0 Å². The Morgan fingerprint density at radius 1 is 0.846 bits per heavy atom. The number of rotatable bonds is 14. The summed E-state index contributed by atoms with van der Waals surface area (Å²) in [7, 11) is 0. The van der Waals surface area contributed by atoms with Gasteiger partial charge in [0.2, 0.25) is 0 Å². The maximum absolute atomic E-state index is 12.2. The molecule has 1 aromatic rings. The van der Waals surface area contributed by atoms with Crippen LogP contribution in [0.25, 0.3) is 0 Å². The Kier molecular flexibility index (Phi) is 11.0. The molecule has 26 heavy (non-hydrogen) atoms. The monoisotopic (exact) mass is 364 g/mol. The van der Waals surface area contributed by atoms with E-state index in [4.69, 9.17) is 0 Å². The molecular formula is C22H36O4. The largest absolute Gasteiger partial charge is 0.508 e. The summed E-state index contributed by atoms with van der Waals surface area (Å²) in [6, 6.07) is 2.58. The molecule has 1 rings (SSSR count). The number of aliphatic hydroxyl groups excluding tert-OH is 1. The molecule has 0 spiro atoms. The van der Waals surface area contributed by atoms with Gasteiger partial charge in [0.05, 0.1) is 5.56 Å². The van der Waals surface area contributed by atoms with Gasteiger partial charge >= 0.3 is 0 Å². The maximum Gasteiger partial charge on any atom is 0.195 e. The number of ketones is 1. The van der Waals surface area contributed by atoms with Crippen molar-refractivity contribution in [3.63, 3.8) is 0 Å². The molecule has 1 aromatic carbocycles. The average Bonchev–Trinajstić information content (AvgIpc) is 2.62. The molecule has 0 aromatic heterocycles. The Morgan fingerprint density at radius 2 is 1.35 bits per heavy atom. The predicted molar refractivity (Wildman–Crippen MR) is 106 cm³/mol. The van der Waals surface area contributed by atoms with Crippen LogP contribution in [0, 0.1) is 6.92 Å². The minimum atomic E-state index is -1.12. The molecule has 4 nitrogen and oxygen atoms in total. The van der Waals surface area contributed by atoms with Gasteiger partial charge in [-0.05, 0) is 31.0 Å². The molecule has 0 aliphatic heterocycles. The summed E-state index contributed by atoms with van der Waals surface area (Å²) < 4.78 is 0. The molecule has 148 valence electrons. The fourth-order valence-electron chi connectivity index (χ4n) is 3.19. The third-order valence-electron chi connectivity index (χ3n) is 4.96. The summed E-state index contributed by atoms with van der Waals surface area (Å²) in [6.07, 6.45) is 12.7. The Morgan fingerprint density at radius 3 is 1.88 bits per heavy atom. The van der Waals surface area contributed by atoms with Gasteiger partial charge in [-0.2, -0.15) is 0 Å². The fraction of sp³-hybridized carbons (Fsp3) is 0.682. The average molecular weight is 365 g/mol. The van der Waals surface area contributed by atoms with Crippen molar-refractivity contribution in [2.24, 2.45) is 0 Å². The second kappa shape index (κ2) is 12.7. The number of hydrogen-bond donors (Lipinski definition) is 3. The standard InChI is InChI=1S/C22H36O4/c1-3-4-5-6-7-8-9-10-11-12-13-14-19(23)22(26)18-16-20(24)17(2)15-21(18)25/h15-16,19,23-25H,3-14H2,1-2H3. The number of phenolic OH excluding ortho intramolecular Hbond substituents is 2. The Hall–Kier alpha value is -1.55. The number of aryl methyl sites for hydroxylation is 1. The summed E-state index contributed by atoms with van der Waals surface area (Å²) >= 11 is 0. The highest BCUT2D eigenvalue weighted by molar-refractivity contribution is 6.02. The van der Waals surface area contributed by atoms with Crippen LogP contribution in [-0.4, -0.2) is 27.2 Å². The van der Waals surface area contributed by atoms with Gasteiger partial charge in [-0.15, -0.1) is 0 Å². The minimum absolute atomic E-state index is 0.0105. The van der Waals surface area contributed by atoms with E-state index in [9.17, 15) is 20.1 Å². The normalized spacial score (nSPS) is 12.3. The first-order valence-electron chi connectivity index (χ1n) is 10.2. The van der Waals surface area contributed by atoms with E-state index in [2.05, 4.69) is 6.92 Å². The van der Waals surface area contributed by atoms with E-state index in [1.807, 2.05) is 0 Å². The number of benzene rings is 1. The summed E-state index contributed by atoms with van der Waals surface area (Å²) in [6.45, 7) is 3.88. The smallest absolute Gasteiger partial charge is 0.195 e. The topological polar surface area (TPSA) is 77.8 Å². The van der Waals surface area contributed by atoms with Gasteiger partial charge in [0.1, 0.15) is 17.6 Å². The summed E-state index contributed by atoms with van der Waals surface area (Å²) in [5, 5.41) is 29.6. The lowest BCUT2D eigenvalue weighted by molar-refractivity contribution is 0.0722. The lowest BCUT2D eigenvalue weighted by Crippen LogP contribution is -2.20. The molecule has 0 aliphatic carbocycles. The second-order valence-corrected chi connectivity index (χ2v) is 7.36. The SMILES string of the molecule is CCCCCCCCCCCCCC(O)C(=O)c1cc(O)c(C)cc1O. The van der Waals surface area contributed by atoms with Gasteiger partial charge in [-0.3, -0.25) is 4.79 Å². The zero-order chi connectivity index (χ0) is 19.4. The van der Waals surface area contributed by atoms with E-state index in [0.717, 1.165) is 19.3 Å². The summed E-state index contributed by atoms with van der Waals surface area (Å²) in [5.74, 6) is -0.763. The number of aromatic hydroxyl groups is 2. The Bertz CT molecular complexity index is 539. The molecule has 0 heterocycles. The van der Waals surface area contributed by atoms with Crippen molar-refractivity contribution in [1.82, 2.24) is 0 Å². The van der Waals surface area contributed by atoms with E-state index >= 15 is 0 Å². The molecule has 4 heteroatoms. The number of aliphatic hydroxyl groups is 1. The van der Waals surface area contributed by atoms with Crippen LogP contribution < -0.4 is 0 Å². The quantitative estimate of drug-likeness (QED) is 0.226. The third kappa shape index (κ3) is 8.22. The highest BCUT2D eigenvalue weighted by atomic mass is 16.3. The second-order valence-electron chi connectivity index (χ2n) is 7.36. The van der Waals surface area contributed by atoms with Crippen LogP contribution in [0.4, 0.5) is 0 Å². The molecule has 0 bridgehead atoms. The first-order chi connectivity index (χ1) is 12.5. The maximum atomic E-state index is 12.2. The number of hydrogen-bond acceptors (Lipinski definition) is 4. The molecule has 1 unspecified atom stereocenters. The first kappa shape index (κ1) is 22.5. The van der Waals surface area contributed by atoms with E-state index in [1.54, 1.807) is 6.92 Å². The van der Waals surface area contributed by atoms with Gasteiger partial charge in [0.25, 0.3) is 0 Å². The number of unbranched alkanes of at least 4 members (excludes halogenated alkanes) is 10. The zero-order valence-electron chi connectivity index (χ0n) is 16.5. The lowest BCUT2D eigenvalue weighted by Gasteiger charge is -2.12. The highest BCUT2D eigenvalue weighted by Gasteiger charge is 2.21. The highest BCUT2D eigenvalue weighted by Crippen LogP contribution is 2.28. The van der Waals surface area contributed by atoms with Crippen LogP contribution in [0.3, 0.4) is 0 Å². The fourth-order valence-corrected chi connectivity index (χ4v) is 3.19. The summed E-state index contributed by atoms with van der Waals surface area (Å²) in [4.78, 5) is 12.2. The number of carbonyl (C=O) groups is 1. The first-order valence-corrected chi connectivity index (χ1v) is 10.2. The van der Waals surface area contributed by atoms with Crippen LogP contribution in [0.5, 0.6) is 11.5 Å². The Balaban J connectivity index is 2.16. The number of Topliss-reactive ketones (excluding diaryl/α,β-unsaturated/α-hetero) is 1. The van der Waals surface area contributed by atoms with Crippen molar-refractivity contribution in [2.45, 2.75) is 97.0 Å². The molecule has 3 N–H and O–H groups in total. The van der Waals surface area contributed by atoms with Crippen LogP contribution in [0.2, 0.25) is 0 Å². The van der Waals surface area contributed by atoms with Crippen molar-refractivity contribution in [3.8, 4) is 11.5 Å². The molecular weight excluding hydrogens is 328 g/mol. The van der Waals surface area contributed by atoms with Crippen LogP contribution in [0.1, 0.15) is 99.9 Å². The molecule has 0 saturated heterocycles. The number of phenols is 2. The van der Waals surface area contributed by atoms with Gasteiger partial charge in [0.15, 0.2) is 5.78 Å². The van der Waals surface area contributed by atoms with Gasteiger partial charge in [0, 0.05) is 0 Å². The van der Waals surface area contributed by atoms with Crippen molar-refractivity contribution in [1.29, 1.82) is 0 Å². The van der Waals surface area contributed by atoms with Gasteiger partial charge in [-0.1, -0.05) is 77.6 Å². The molecule has 1 atom stereocenters. The van der Waals surface area contributed by atoms with Crippen molar-refractivity contribution < 1.29 is 20.1 Å². The third-order valence-corrected chi connectivity index (χ3v) is 4.96.